The van der Waals surface area contributed by atoms with Crippen LogP contribution in [-0.4, -0.2) is 60.1 Å². The smallest absolute Gasteiger partial charge is 0.240 e. The summed E-state index contributed by atoms with van der Waals surface area (Å²) >= 11 is 1.91. The molecule has 0 bridgehead atoms. The number of thioether (sulfide) groups is 1. The highest BCUT2D eigenvalue weighted by Gasteiger charge is 2.39. The van der Waals surface area contributed by atoms with Crippen molar-refractivity contribution in [2.45, 2.75) is 43.4 Å². The Morgan fingerprint density at radius 2 is 2.00 bits per heavy atom. The minimum absolute atomic E-state index is 0.176. The summed E-state index contributed by atoms with van der Waals surface area (Å²) < 4.78 is 0.315. The van der Waals surface area contributed by atoms with Crippen molar-refractivity contribution >= 4 is 17.7 Å². The van der Waals surface area contributed by atoms with Crippen LogP contribution < -0.4 is 10.6 Å². The van der Waals surface area contributed by atoms with Crippen molar-refractivity contribution < 1.29 is 4.79 Å². The second-order valence-corrected chi connectivity index (χ2v) is 7.49. The van der Waals surface area contributed by atoms with Gasteiger partial charge in [0.25, 0.3) is 0 Å². The molecule has 1 aliphatic heterocycles. The van der Waals surface area contributed by atoms with E-state index in [1.165, 1.54) is 19.3 Å². The Morgan fingerprint density at radius 3 is 2.47 bits per heavy atom. The maximum atomic E-state index is 12.5. The molecule has 0 radical (unpaired) electrons. The predicted octanol–water partition coefficient (Wildman–Crippen LogP) is 1.07. The van der Waals surface area contributed by atoms with Crippen LogP contribution in [0.4, 0.5) is 0 Å². The lowest BCUT2D eigenvalue weighted by molar-refractivity contribution is -0.132. The SMILES string of the molecule is CSC1(CNC(=O)C(C)(C)N2CCNCC2)CCC1. The third kappa shape index (κ3) is 3.26. The first-order valence-electron chi connectivity index (χ1n) is 7.29. The zero-order valence-corrected chi connectivity index (χ0v) is 13.2. The lowest BCUT2D eigenvalue weighted by Gasteiger charge is -2.43. The standard InChI is InChI=1S/C14H27N3OS/c1-13(2,17-9-7-15-8-10-17)12(18)16-11-14(19-3)5-4-6-14/h15H,4-11H2,1-3H3,(H,16,18). The Morgan fingerprint density at radius 1 is 1.37 bits per heavy atom. The van der Waals surface area contributed by atoms with Crippen LogP contribution >= 0.6 is 11.8 Å². The molecule has 0 aromatic rings. The van der Waals surface area contributed by atoms with Gasteiger partial charge in [0.2, 0.25) is 5.91 Å². The van der Waals surface area contributed by atoms with Crippen molar-refractivity contribution in [1.82, 2.24) is 15.5 Å². The van der Waals surface area contributed by atoms with E-state index in [-0.39, 0.29) is 5.91 Å². The molecular formula is C14H27N3OS. The van der Waals surface area contributed by atoms with Crippen molar-refractivity contribution in [3.05, 3.63) is 0 Å². The summed E-state index contributed by atoms with van der Waals surface area (Å²) in [6.45, 7) is 8.77. The molecule has 4 nitrogen and oxygen atoms in total. The maximum absolute atomic E-state index is 12.5. The average molecular weight is 285 g/mol. The van der Waals surface area contributed by atoms with Crippen LogP contribution in [0.5, 0.6) is 0 Å². The van der Waals surface area contributed by atoms with Crippen LogP contribution in [0.25, 0.3) is 0 Å². The zero-order valence-electron chi connectivity index (χ0n) is 12.4. The molecule has 0 unspecified atom stereocenters. The summed E-state index contributed by atoms with van der Waals surface area (Å²) in [5.74, 6) is 0.176. The van der Waals surface area contributed by atoms with Crippen LogP contribution in [0, 0.1) is 0 Å². The van der Waals surface area contributed by atoms with E-state index < -0.39 is 5.54 Å². The lowest BCUT2D eigenvalue weighted by atomic mass is 9.84. The largest absolute Gasteiger partial charge is 0.353 e. The van der Waals surface area contributed by atoms with Crippen molar-refractivity contribution in [2.24, 2.45) is 0 Å². The highest BCUT2D eigenvalue weighted by atomic mass is 32.2. The number of hydrogen-bond acceptors (Lipinski definition) is 4. The van der Waals surface area contributed by atoms with Gasteiger partial charge in [-0.25, -0.2) is 0 Å². The zero-order chi connectivity index (χ0) is 13.9. The van der Waals surface area contributed by atoms with E-state index in [1.807, 2.05) is 25.6 Å². The fraction of sp³-hybridized carbons (Fsp3) is 0.929. The molecule has 0 spiro atoms. The Kier molecular flexibility index (Phi) is 4.79. The number of rotatable bonds is 5. The Bertz CT molecular complexity index is 317. The monoisotopic (exact) mass is 285 g/mol. The van der Waals surface area contributed by atoms with Crippen LogP contribution in [0.1, 0.15) is 33.1 Å². The number of amides is 1. The van der Waals surface area contributed by atoms with Gasteiger partial charge in [0.15, 0.2) is 0 Å². The minimum atomic E-state index is -0.397. The molecule has 2 aliphatic rings. The lowest BCUT2D eigenvalue weighted by Crippen LogP contribution is -2.61. The third-order valence-electron chi connectivity index (χ3n) is 4.73. The maximum Gasteiger partial charge on any atom is 0.240 e. The van der Waals surface area contributed by atoms with Crippen molar-refractivity contribution in [1.29, 1.82) is 0 Å². The molecule has 1 heterocycles. The Balaban J connectivity index is 1.87. The summed E-state index contributed by atoms with van der Waals surface area (Å²) in [6.07, 6.45) is 5.94. The van der Waals surface area contributed by atoms with Gasteiger partial charge in [-0.05, 0) is 32.9 Å². The fourth-order valence-electron chi connectivity index (χ4n) is 2.85. The summed E-state index contributed by atoms with van der Waals surface area (Å²) in [7, 11) is 0. The number of nitrogens with zero attached hydrogens (tertiary/aromatic N) is 1. The first kappa shape index (κ1) is 15.1. The van der Waals surface area contributed by atoms with E-state index in [2.05, 4.69) is 21.8 Å². The highest BCUT2D eigenvalue weighted by Crippen LogP contribution is 2.42. The topological polar surface area (TPSA) is 44.4 Å². The molecule has 5 heteroatoms. The molecule has 2 fully saturated rings. The van der Waals surface area contributed by atoms with E-state index in [4.69, 9.17) is 0 Å². The first-order chi connectivity index (χ1) is 9.00. The second kappa shape index (κ2) is 6.02. The van der Waals surface area contributed by atoms with Gasteiger partial charge in [-0.15, -0.1) is 0 Å². The predicted molar refractivity (Wildman–Crippen MR) is 81.6 cm³/mol. The van der Waals surface area contributed by atoms with Gasteiger partial charge >= 0.3 is 0 Å². The van der Waals surface area contributed by atoms with Gasteiger partial charge < -0.3 is 10.6 Å². The van der Waals surface area contributed by atoms with Crippen LogP contribution in [0.3, 0.4) is 0 Å². The molecule has 0 aromatic heterocycles. The van der Waals surface area contributed by atoms with Crippen LogP contribution in [0.2, 0.25) is 0 Å². The van der Waals surface area contributed by atoms with E-state index in [0.717, 1.165) is 32.7 Å². The van der Waals surface area contributed by atoms with E-state index in [0.29, 0.717) is 4.75 Å². The van der Waals surface area contributed by atoms with Gasteiger partial charge in [0.1, 0.15) is 0 Å². The highest BCUT2D eigenvalue weighted by molar-refractivity contribution is 8.00. The number of hydrogen-bond donors (Lipinski definition) is 2. The first-order valence-corrected chi connectivity index (χ1v) is 8.52. The Labute approximate surface area is 121 Å². The van der Waals surface area contributed by atoms with Gasteiger partial charge in [-0.1, -0.05) is 6.42 Å². The average Bonchev–Trinajstić information content (AvgIpc) is 2.38. The molecular weight excluding hydrogens is 258 g/mol. The molecule has 0 atom stereocenters. The van der Waals surface area contributed by atoms with Gasteiger partial charge in [0.05, 0.1) is 5.54 Å². The van der Waals surface area contributed by atoms with Gasteiger partial charge in [-0.3, -0.25) is 9.69 Å². The minimum Gasteiger partial charge on any atom is -0.353 e. The quantitative estimate of drug-likeness (QED) is 0.793. The van der Waals surface area contributed by atoms with Crippen molar-refractivity contribution in [2.75, 3.05) is 39.0 Å². The van der Waals surface area contributed by atoms with Crippen LogP contribution in [0.15, 0.2) is 0 Å². The van der Waals surface area contributed by atoms with Crippen LogP contribution in [-0.2, 0) is 4.79 Å². The fourth-order valence-corrected chi connectivity index (χ4v) is 3.76. The Hall–Kier alpha value is -0.260. The van der Waals surface area contributed by atoms with E-state index >= 15 is 0 Å². The third-order valence-corrected chi connectivity index (χ3v) is 6.15. The van der Waals surface area contributed by atoms with Gasteiger partial charge in [-0.2, -0.15) is 11.8 Å². The molecule has 2 N–H and O–H groups in total. The van der Waals surface area contributed by atoms with Gasteiger partial charge in [0, 0.05) is 37.5 Å². The molecule has 1 saturated carbocycles. The number of carbonyl (C=O) groups excluding carboxylic acids is 1. The summed E-state index contributed by atoms with van der Waals surface area (Å²) in [5, 5.41) is 6.52. The molecule has 2 rings (SSSR count). The van der Waals surface area contributed by atoms with E-state index in [9.17, 15) is 4.79 Å². The van der Waals surface area contributed by atoms with Crippen molar-refractivity contribution in [3.8, 4) is 0 Å². The van der Waals surface area contributed by atoms with E-state index in [1.54, 1.807) is 0 Å². The molecule has 0 aromatic carbocycles. The molecule has 19 heavy (non-hydrogen) atoms. The summed E-state index contributed by atoms with van der Waals surface area (Å²) in [6, 6.07) is 0. The number of piperazine rings is 1. The molecule has 110 valence electrons. The number of nitrogens with one attached hydrogen (secondary N) is 2. The molecule has 1 amide bonds. The summed E-state index contributed by atoms with van der Waals surface area (Å²) in [5.41, 5.74) is -0.397. The molecule has 1 aliphatic carbocycles. The normalized spacial score (nSPS) is 23.7. The summed E-state index contributed by atoms with van der Waals surface area (Å²) in [4.78, 5) is 14.8. The second-order valence-electron chi connectivity index (χ2n) is 6.22. The molecule has 1 saturated heterocycles. The van der Waals surface area contributed by atoms with Crippen molar-refractivity contribution in [3.63, 3.8) is 0 Å². The number of carbonyl (C=O) groups is 1.